The largest absolute Gasteiger partial charge is 0.477 e. The van der Waals surface area contributed by atoms with E-state index in [9.17, 15) is 9.59 Å². The number of aromatic nitrogens is 1. The van der Waals surface area contributed by atoms with E-state index in [2.05, 4.69) is 4.98 Å². The summed E-state index contributed by atoms with van der Waals surface area (Å²) in [5.74, 6) is -1.20. The maximum atomic E-state index is 12.4. The zero-order valence-corrected chi connectivity index (χ0v) is 11.4. The number of hydrogen-bond donors (Lipinski definition) is 1. The number of fused-ring (bicyclic) bond motifs is 1. The first-order valence-corrected chi connectivity index (χ1v) is 7.07. The number of amides is 1. The predicted molar refractivity (Wildman–Crippen MR) is 74.0 cm³/mol. The Morgan fingerprint density at radius 3 is 2.85 bits per heavy atom. The number of thiophene rings is 1. The van der Waals surface area contributed by atoms with Crippen LogP contribution in [0.1, 0.15) is 31.3 Å². The minimum absolute atomic E-state index is 0.0553. The molecule has 20 heavy (non-hydrogen) atoms. The molecule has 1 N–H and O–H groups in total. The Morgan fingerprint density at radius 2 is 2.15 bits per heavy atom. The molecule has 2 aromatic rings. The summed E-state index contributed by atoms with van der Waals surface area (Å²) in [6.45, 7) is 1.30. The fourth-order valence-corrected chi connectivity index (χ4v) is 3.14. The van der Waals surface area contributed by atoms with Crippen LogP contribution in [-0.2, 0) is 13.0 Å². The zero-order chi connectivity index (χ0) is 14.1. The van der Waals surface area contributed by atoms with Crippen molar-refractivity contribution >= 4 is 23.2 Å². The molecule has 1 amide bonds. The molecule has 0 aromatic carbocycles. The number of carbonyl (C=O) groups is 2. The van der Waals surface area contributed by atoms with Crippen molar-refractivity contribution in [1.82, 2.24) is 9.88 Å². The molecule has 0 aliphatic carbocycles. The van der Waals surface area contributed by atoms with Crippen LogP contribution >= 0.6 is 11.3 Å². The summed E-state index contributed by atoms with van der Waals surface area (Å²) in [4.78, 5) is 30.0. The van der Waals surface area contributed by atoms with E-state index in [4.69, 9.17) is 5.11 Å². The third-order valence-corrected chi connectivity index (χ3v) is 4.35. The van der Waals surface area contributed by atoms with E-state index >= 15 is 0 Å². The van der Waals surface area contributed by atoms with Gasteiger partial charge in [-0.05, 0) is 35.6 Å². The van der Waals surface area contributed by atoms with Gasteiger partial charge in [0.1, 0.15) is 5.69 Å². The Hall–Kier alpha value is -2.21. The van der Waals surface area contributed by atoms with Gasteiger partial charge in [0.15, 0.2) is 0 Å². The number of carboxylic acids is 1. The van der Waals surface area contributed by atoms with Crippen LogP contribution in [-0.4, -0.2) is 33.4 Å². The highest BCUT2D eigenvalue weighted by atomic mass is 32.1. The van der Waals surface area contributed by atoms with Crippen LogP contribution in [0, 0.1) is 0 Å². The van der Waals surface area contributed by atoms with E-state index in [1.54, 1.807) is 16.2 Å². The van der Waals surface area contributed by atoms with Gasteiger partial charge in [0, 0.05) is 24.2 Å². The topological polar surface area (TPSA) is 70.5 Å². The SMILES string of the molecule is O=C(O)c1ccc(C(=O)N2CCc3sccc3C2)cn1. The third-order valence-electron chi connectivity index (χ3n) is 3.32. The Labute approximate surface area is 119 Å². The van der Waals surface area contributed by atoms with Crippen molar-refractivity contribution in [1.29, 1.82) is 0 Å². The molecule has 0 saturated heterocycles. The van der Waals surface area contributed by atoms with Crippen LogP contribution in [0.4, 0.5) is 0 Å². The average molecular weight is 288 g/mol. The van der Waals surface area contributed by atoms with Crippen LogP contribution in [0.5, 0.6) is 0 Å². The second-order valence-corrected chi connectivity index (χ2v) is 5.58. The van der Waals surface area contributed by atoms with Gasteiger partial charge in [-0.3, -0.25) is 4.79 Å². The van der Waals surface area contributed by atoms with Gasteiger partial charge in [0.25, 0.3) is 5.91 Å². The maximum absolute atomic E-state index is 12.4. The highest BCUT2D eigenvalue weighted by Crippen LogP contribution is 2.24. The van der Waals surface area contributed by atoms with E-state index in [0.717, 1.165) is 6.42 Å². The molecule has 3 heterocycles. The zero-order valence-electron chi connectivity index (χ0n) is 10.6. The van der Waals surface area contributed by atoms with Crippen LogP contribution in [0.2, 0.25) is 0 Å². The second kappa shape index (κ2) is 5.05. The van der Waals surface area contributed by atoms with Gasteiger partial charge in [-0.25, -0.2) is 9.78 Å². The van der Waals surface area contributed by atoms with Crippen LogP contribution in [0.15, 0.2) is 29.8 Å². The van der Waals surface area contributed by atoms with E-state index in [0.29, 0.717) is 18.7 Å². The van der Waals surface area contributed by atoms with Crippen molar-refractivity contribution in [2.75, 3.05) is 6.54 Å². The first kappa shape index (κ1) is 12.8. The molecule has 3 rings (SSSR count). The number of nitrogens with zero attached hydrogens (tertiary/aromatic N) is 2. The molecular weight excluding hydrogens is 276 g/mol. The van der Waals surface area contributed by atoms with E-state index in [1.165, 1.54) is 28.8 Å². The molecule has 0 radical (unpaired) electrons. The normalized spacial score (nSPS) is 13.9. The van der Waals surface area contributed by atoms with Crippen molar-refractivity contribution < 1.29 is 14.7 Å². The molecule has 102 valence electrons. The molecule has 1 aliphatic heterocycles. The molecule has 0 fully saturated rings. The lowest BCUT2D eigenvalue weighted by molar-refractivity contribution is 0.0686. The quantitative estimate of drug-likeness (QED) is 0.918. The summed E-state index contributed by atoms with van der Waals surface area (Å²) in [5.41, 5.74) is 1.57. The molecule has 6 heteroatoms. The second-order valence-electron chi connectivity index (χ2n) is 4.58. The van der Waals surface area contributed by atoms with Gasteiger partial charge >= 0.3 is 5.97 Å². The fourth-order valence-electron chi connectivity index (χ4n) is 2.25. The van der Waals surface area contributed by atoms with Crippen molar-refractivity contribution in [3.8, 4) is 0 Å². The summed E-state index contributed by atoms with van der Waals surface area (Å²) in [6, 6.07) is 4.92. The number of carboxylic acid groups (broad SMARTS) is 1. The van der Waals surface area contributed by atoms with E-state index < -0.39 is 5.97 Å². The van der Waals surface area contributed by atoms with Gasteiger partial charge < -0.3 is 10.0 Å². The minimum Gasteiger partial charge on any atom is -0.477 e. The van der Waals surface area contributed by atoms with Gasteiger partial charge in [-0.1, -0.05) is 0 Å². The lowest BCUT2D eigenvalue weighted by Crippen LogP contribution is -2.35. The molecule has 0 bridgehead atoms. The molecular formula is C14H12N2O3S. The molecule has 1 aliphatic rings. The lowest BCUT2D eigenvalue weighted by atomic mass is 10.1. The molecule has 5 nitrogen and oxygen atoms in total. The Morgan fingerprint density at radius 1 is 1.30 bits per heavy atom. The van der Waals surface area contributed by atoms with Crippen LogP contribution < -0.4 is 0 Å². The summed E-state index contributed by atoms with van der Waals surface area (Å²) >= 11 is 1.72. The highest BCUT2D eigenvalue weighted by Gasteiger charge is 2.22. The molecule has 0 spiro atoms. The Kier molecular flexibility index (Phi) is 3.23. The molecule has 0 atom stereocenters. The lowest BCUT2D eigenvalue weighted by Gasteiger charge is -2.27. The third kappa shape index (κ3) is 2.30. The minimum atomic E-state index is -1.09. The maximum Gasteiger partial charge on any atom is 0.354 e. The molecule has 0 unspecified atom stereocenters. The number of hydrogen-bond acceptors (Lipinski definition) is 4. The predicted octanol–water partition coefficient (Wildman–Crippen LogP) is 2.04. The fraction of sp³-hybridized carbons (Fsp3) is 0.214. The van der Waals surface area contributed by atoms with Crippen molar-refractivity contribution in [2.45, 2.75) is 13.0 Å². The summed E-state index contributed by atoms with van der Waals surface area (Å²) in [5, 5.41) is 10.8. The number of pyridine rings is 1. The first-order valence-electron chi connectivity index (χ1n) is 6.19. The van der Waals surface area contributed by atoms with Gasteiger partial charge in [-0.2, -0.15) is 0 Å². The van der Waals surface area contributed by atoms with Crippen molar-refractivity contribution in [2.24, 2.45) is 0 Å². The average Bonchev–Trinajstić information content (AvgIpc) is 2.94. The van der Waals surface area contributed by atoms with Crippen LogP contribution in [0.3, 0.4) is 0 Å². The van der Waals surface area contributed by atoms with Gasteiger partial charge in [0.2, 0.25) is 0 Å². The Bertz CT molecular complexity index is 663. The number of carbonyl (C=O) groups excluding carboxylic acids is 1. The van der Waals surface area contributed by atoms with Crippen LogP contribution in [0.25, 0.3) is 0 Å². The van der Waals surface area contributed by atoms with E-state index in [-0.39, 0.29) is 11.6 Å². The van der Waals surface area contributed by atoms with Crippen molar-refractivity contribution in [3.63, 3.8) is 0 Å². The number of rotatable bonds is 2. The highest BCUT2D eigenvalue weighted by molar-refractivity contribution is 7.10. The van der Waals surface area contributed by atoms with Gasteiger partial charge in [-0.15, -0.1) is 11.3 Å². The molecule has 2 aromatic heterocycles. The van der Waals surface area contributed by atoms with Crippen molar-refractivity contribution in [3.05, 3.63) is 51.5 Å². The molecule has 0 saturated carbocycles. The standard InChI is InChI=1S/C14H12N2O3S/c17-13(9-1-2-11(14(18)19)15-7-9)16-5-3-12-10(8-16)4-6-20-12/h1-2,4,6-7H,3,5,8H2,(H,18,19). The Balaban J connectivity index is 1.78. The summed E-state index contributed by atoms with van der Waals surface area (Å²) < 4.78 is 0. The first-order chi connectivity index (χ1) is 9.65. The smallest absolute Gasteiger partial charge is 0.354 e. The summed E-state index contributed by atoms with van der Waals surface area (Å²) in [6.07, 6.45) is 2.20. The van der Waals surface area contributed by atoms with Gasteiger partial charge in [0.05, 0.1) is 5.56 Å². The number of aromatic carboxylic acids is 1. The summed E-state index contributed by atoms with van der Waals surface area (Å²) in [7, 11) is 0. The van der Waals surface area contributed by atoms with E-state index in [1.807, 2.05) is 11.4 Å². The monoisotopic (exact) mass is 288 g/mol.